The fraction of sp³-hybridized carbons (Fsp3) is 0.160. The molecule has 2 heterocycles. The molecule has 1 aliphatic heterocycles. The fourth-order valence-electron chi connectivity index (χ4n) is 3.56. The summed E-state index contributed by atoms with van der Waals surface area (Å²) in [6.07, 6.45) is 0. The van der Waals surface area contributed by atoms with Gasteiger partial charge in [0.1, 0.15) is 5.82 Å². The second-order valence-electron chi connectivity index (χ2n) is 7.68. The molecule has 1 atom stereocenters. The van der Waals surface area contributed by atoms with Crippen molar-refractivity contribution in [3.05, 3.63) is 84.2 Å². The molecule has 1 N–H and O–H groups in total. The summed E-state index contributed by atoms with van der Waals surface area (Å²) in [6, 6.07) is 21.5. The van der Waals surface area contributed by atoms with Gasteiger partial charge in [0, 0.05) is 11.8 Å². The van der Waals surface area contributed by atoms with Gasteiger partial charge in [0.2, 0.25) is 12.7 Å². The van der Waals surface area contributed by atoms with Gasteiger partial charge in [-0.05, 0) is 36.8 Å². The van der Waals surface area contributed by atoms with Crippen LogP contribution in [0.15, 0.2) is 78.0 Å². The van der Waals surface area contributed by atoms with Gasteiger partial charge >= 0.3 is 0 Å². The molecular weight excluding hydrogens is 455 g/mol. The number of anilines is 1. The van der Waals surface area contributed by atoms with Gasteiger partial charge in [-0.25, -0.2) is 4.39 Å². The summed E-state index contributed by atoms with van der Waals surface area (Å²) in [5.74, 6) is 1.07. The second-order valence-corrected chi connectivity index (χ2v) is 8.98. The third-order valence-electron chi connectivity index (χ3n) is 5.31. The van der Waals surface area contributed by atoms with Gasteiger partial charge in [-0.1, -0.05) is 54.2 Å². The van der Waals surface area contributed by atoms with Crippen LogP contribution in [0.3, 0.4) is 0 Å². The Morgan fingerprint density at radius 3 is 2.65 bits per heavy atom. The maximum atomic E-state index is 14.6. The summed E-state index contributed by atoms with van der Waals surface area (Å²) in [4.78, 5) is 12.9. The highest BCUT2D eigenvalue weighted by molar-refractivity contribution is 8.00. The van der Waals surface area contributed by atoms with E-state index < -0.39 is 5.25 Å². The van der Waals surface area contributed by atoms with Gasteiger partial charge in [-0.2, -0.15) is 0 Å². The Hall–Kier alpha value is -3.85. The van der Waals surface area contributed by atoms with Gasteiger partial charge in [0.05, 0.1) is 17.4 Å². The van der Waals surface area contributed by atoms with E-state index in [1.165, 1.54) is 17.8 Å². The van der Waals surface area contributed by atoms with Crippen LogP contribution in [-0.4, -0.2) is 32.7 Å². The number of carbonyl (C=O) groups is 1. The highest BCUT2D eigenvalue weighted by atomic mass is 32.2. The van der Waals surface area contributed by atoms with E-state index in [-0.39, 0.29) is 18.5 Å². The number of carbonyl (C=O) groups excluding carboxylic acids is 1. The lowest BCUT2D eigenvalue weighted by molar-refractivity contribution is -0.115. The van der Waals surface area contributed by atoms with Crippen molar-refractivity contribution in [2.24, 2.45) is 0 Å². The molecule has 9 heteroatoms. The summed E-state index contributed by atoms with van der Waals surface area (Å²) in [5.41, 5.74) is 1.98. The normalized spacial score (nSPS) is 13.0. The predicted octanol–water partition coefficient (Wildman–Crippen LogP) is 4.98. The van der Waals surface area contributed by atoms with Gasteiger partial charge in [-0.15, -0.1) is 10.2 Å². The van der Waals surface area contributed by atoms with Crippen molar-refractivity contribution in [3.8, 4) is 22.9 Å². The largest absolute Gasteiger partial charge is 0.454 e. The van der Waals surface area contributed by atoms with E-state index in [1.807, 2.05) is 34.9 Å². The molecule has 4 aromatic rings. The maximum absolute atomic E-state index is 14.6. The molecule has 1 amide bonds. The van der Waals surface area contributed by atoms with E-state index in [2.05, 4.69) is 15.5 Å². The molecule has 0 saturated carbocycles. The Morgan fingerprint density at radius 1 is 1.06 bits per heavy atom. The Bertz CT molecular complexity index is 1330. The quantitative estimate of drug-likeness (QED) is 0.379. The average Bonchev–Trinajstić information content (AvgIpc) is 3.47. The molecule has 0 aliphatic carbocycles. The first-order valence-corrected chi connectivity index (χ1v) is 11.6. The number of amides is 1. The van der Waals surface area contributed by atoms with Crippen LogP contribution in [0, 0.1) is 5.82 Å². The number of fused-ring (bicyclic) bond motifs is 1. The average molecular weight is 477 g/mol. The van der Waals surface area contributed by atoms with Crippen LogP contribution in [0.5, 0.6) is 11.5 Å². The van der Waals surface area contributed by atoms with E-state index in [0.717, 1.165) is 5.56 Å². The van der Waals surface area contributed by atoms with E-state index in [0.29, 0.717) is 40.3 Å². The SMILES string of the molecule is C[C@@H](Sc1nnc(-c2ccccc2F)n1Cc1ccccc1)C(=O)Nc1ccc2c(c1)OCO2. The standard InChI is InChI=1S/C25H21FN4O3S/c1-16(24(31)27-18-11-12-21-22(13-18)33-15-32-21)34-25-29-28-23(19-9-5-6-10-20(19)26)30(25)14-17-7-3-2-4-8-17/h2-13,16H,14-15H2,1H3,(H,27,31)/t16-/m1/s1. The smallest absolute Gasteiger partial charge is 0.237 e. The van der Waals surface area contributed by atoms with Crippen molar-refractivity contribution in [3.63, 3.8) is 0 Å². The third-order valence-corrected chi connectivity index (χ3v) is 6.39. The van der Waals surface area contributed by atoms with E-state index in [9.17, 15) is 9.18 Å². The summed E-state index contributed by atoms with van der Waals surface area (Å²) in [5, 5.41) is 11.5. The van der Waals surface area contributed by atoms with Crippen molar-refractivity contribution in [2.75, 3.05) is 12.1 Å². The highest BCUT2D eigenvalue weighted by Gasteiger charge is 2.23. The number of halogens is 1. The molecule has 0 radical (unpaired) electrons. The number of ether oxygens (including phenoxy) is 2. The number of thioether (sulfide) groups is 1. The van der Waals surface area contributed by atoms with Crippen molar-refractivity contribution >= 4 is 23.4 Å². The lowest BCUT2D eigenvalue weighted by atomic mass is 10.2. The monoisotopic (exact) mass is 476 g/mol. The van der Waals surface area contributed by atoms with Crippen LogP contribution >= 0.6 is 11.8 Å². The zero-order valence-electron chi connectivity index (χ0n) is 18.3. The predicted molar refractivity (Wildman–Crippen MR) is 127 cm³/mol. The maximum Gasteiger partial charge on any atom is 0.237 e. The Kier molecular flexibility index (Phi) is 6.18. The molecule has 0 saturated heterocycles. The Balaban J connectivity index is 1.39. The first kappa shape index (κ1) is 22.0. The summed E-state index contributed by atoms with van der Waals surface area (Å²) >= 11 is 1.26. The van der Waals surface area contributed by atoms with Gasteiger partial charge < -0.3 is 14.8 Å². The molecule has 0 bridgehead atoms. The number of aromatic nitrogens is 3. The molecule has 1 aliphatic rings. The number of nitrogens with one attached hydrogen (secondary N) is 1. The topological polar surface area (TPSA) is 78.3 Å². The summed E-state index contributed by atoms with van der Waals surface area (Å²) < 4.78 is 27.1. The molecule has 3 aromatic carbocycles. The van der Waals surface area contributed by atoms with Crippen LogP contribution < -0.4 is 14.8 Å². The summed E-state index contributed by atoms with van der Waals surface area (Å²) in [6.45, 7) is 2.40. The lowest BCUT2D eigenvalue weighted by Gasteiger charge is -2.14. The molecule has 0 unspecified atom stereocenters. The Labute approximate surface area is 199 Å². The van der Waals surface area contributed by atoms with E-state index in [4.69, 9.17) is 9.47 Å². The minimum atomic E-state index is -0.488. The molecule has 172 valence electrons. The number of hydrogen-bond acceptors (Lipinski definition) is 6. The third kappa shape index (κ3) is 4.60. The van der Waals surface area contributed by atoms with Crippen LogP contribution in [0.2, 0.25) is 0 Å². The minimum absolute atomic E-state index is 0.167. The van der Waals surface area contributed by atoms with Gasteiger partial charge in [0.15, 0.2) is 22.5 Å². The summed E-state index contributed by atoms with van der Waals surface area (Å²) in [7, 11) is 0. The zero-order valence-corrected chi connectivity index (χ0v) is 19.1. The molecule has 0 spiro atoms. The molecule has 34 heavy (non-hydrogen) atoms. The van der Waals surface area contributed by atoms with Crippen molar-refractivity contribution in [1.29, 1.82) is 0 Å². The number of hydrogen-bond donors (Lipinski definition) is 1. The second kappa shape index (κ2) is 9.56. The van der Waals surface area contributed by atoms with Crippen LogP contribution in [0.4, 0.5) is 10.1 Å². The van der Waals surface area contributed by atoms with E-state index in [1.54, 1.807) is 43.3 Å². The van der Waals surface area contributed by atoms with Gasteiger partial charge in [0.25, 0.3) is 0 Å². The Morgan fingerprint density at radius 2 is 1.82 bits per heavy atom. The van der Waals surface area contributed by atoms with Gasteiger partial charge in [-0.3, -0.25) is 9.36 Å². The van der Waals surface area contributed by atoms with Crippen molar-refractivity contribution in [2.45, 2.75) is 23.9 Å². The minimum Gasteiger partial charge on any atom is -0.454 e. The first-order valence-electron chi connectivity index (χ1n) is 10.7. The molecule has 7 nitrogen and oxygen atoms in total. The van der Waals surface area contributed by atoms with Crippen LogP contribution in [0.1, 0.15) is 12.5 Å². The first-order chi connectivity index (χ1) is 16.6. The molecular formula is C25H21FN4O3S. The zero-order chi connectivity index (χ0) is 23.5. The molecule has 5 rings (SSSR count). The van der Waals surface area contributed by atoms with Crippen LogP contribution in [0.25, 0.3) is 11.4 Å². The van der Waals surface area contributed by atoms with Crippen LogP contribution in [-0.2, 0) is 11.3 Å². The fourth-order valence-corrected chi connectivity index (χ4v) is 4.40. The molecule has 1 aromatic heterocycles. The van der Waals surface area contributed by atoms with Crippen molar-refractivity contribution < 1.29 is 18.7 Å². The molecule has 0 fully saturated rings. The van der Waals surface area contributed by atoms with Crippen molar-refractivity contribution in [1.82, 2.24) is 14.8 Å². The number of nitrogens with zero attached hydrogens (tertiary/aromatic N) is 3. The lowest BCUT2D eigenvalue weighted by Crippen LogP contribution is -2.23. The number of benzene rings is 3. The number of rotatable bonds is 7. The highest BCUT2D eigenvalue weighted by Crippen LogP contribution is 2.35. The van der Waals surface area contributed by atoms with E-state index >= 15 is 0 Å².